The number of carbonyl (C=O) groups is 1. The molecule has 2 heterocycles. The Kier molecular flexibility index (Phi) is 9.33. The van der Waals surface area contributed by atoms with Gasteiger partial charge in [-0.2, -0.15) is 8.78 Å². The summed E-state index contributed by atoms with van der Waals surface area (Å²) >= 11 is 0. The first-order valence-corrected chi connectivity index (χ1v) is 11.7. The summed E-state index contributed by atoms with van der Waals surface area (Å²) < 4.78 is 73.7. The van der Waals surface area contributed by atoms with Gasteiger partial charge in [-0.15, -0.1) is 0 Å². The fourth-order valence-electron chi connectivity index (χ4n) is 3.93. The largest absolute Gasteiger partial charge is 0.451 e. The van der Waals surface area contributed by atoms with Crippen LogP contribution in [0.2, 0.25) is 0 Å². The minimum absolute atomic E-state index is 0.0178. The van der Waals surface area contributed by atoms with E-state index >= 15 is 0 Å². The van der Waals surface area contributed by atoms with Crippen LogP contribution in [0.3, 0.4) is 0 Å². The number of halogens is 5. The van der Waals surface area contributed by atoms with Gasteiger partial charge in [0, 0.05) is 37.8 Å². The summed E-state index contributed by atoms with van der Waals surface area (Å²) in [5.41, 5.74) is 6.73. The Bertz CT molecular complexity index is 1380. The second-order valence-electron chi connectivity index (χ2n) is 8.71. The molecule has 0 radical (unpaired) electrons. The Morgan fingerprint density at radius 3 is 2.31 bits per heavy atom. The Morgan fingerprint density at radius 2 is 1.79 bits per heavy atom. The topological polar surface area (TPSA) is 93.7 Å². The number of nitrogens with two attached hydrogens (primary N) is 1. The van der Waals surface area contributed by atoms with Crippen molar-refractivity contribution in [2.75, 3.05) is 25.9 Å². The first-order valence-electron chi connectivity index (χ1n) is 11.7. The van der Waals surface area contributed by atoms with Gasteiger partial charge in [0.1, 0.15) is 23.7 Å². The van der Waals surface area contributed by atoms with Crippen LogP contribution in [0.4, 0.5) is 27.8 Å². The molecule has 1 fully saturated rings. The fraction of sp³-hybridized carbons (Fsp3) is 0.259. The van der Waals surface area contributed by atoms with Crippen LogP contribution in [0, 0.1) is 41.9 Å². The number of likely N-dealkylation sites (tertiary alicyclic amines) is 1. The van der Waals surface area contributed by atoms with Crippen molar-refractivity contribution >= 4 is 17.4 Å². The summed E-state index contributed by atoms with van der Waals surface area (Å²) in [6, 6.07) is 3.20. The lowest BCUT2D eigenvalue weighted by atomic mass is 10.0. The number of benzene rings is 2. The van der Waals surface area contributed by atoms with Crippen molar-refractivity contribution in [3.05, 3.63) is 89.2 Å². The highest BCUT2D eigenvalue weighted by molar-refractivity contribution is 6.16. The predicted octanol–water partition coefficient (Wildman–Crippen LogP) is 5.36. The van der Waals surface area contributed by atoms with Crippen LogP contribution in [0.15, 0.2) is 48.2 Å². The molecule has 4 rings (SSSR count). The van der Waals surface area contributed by atoms with Crippen molar-refractivity contribution < 1.29 is 31.5 Å². The highest BCUT2D eigenvalue weighted by Crippen LogP contribution is 2.32. The minimum Gasteiger partial charge on any atom is -0.451 e. The molecule has 1 amide bonds. The van der Waals surface area contributed by atoms with Crippen molar-refractivity contribution in [3.8, 4) is 11.5 Å². The van der Waals surface area contributed by atoms with Crippen LogP contribution in [0.25, 0.3) is 0 Å². The SMILES string of the molecule is C=CC(=O)N1CCC(C)C1.CN=C(c1ccc(Oc2c(F)c(F)cc(F)c2F)cc1F)c1c(C)ncnc1N. The second kappa shape index (κ2) is 12.5. The van der Waals surface area contributed by atoms with E-state index in [0.717, 1.165) is 31.6 Å². The number of amides is 1. The summed E-state index contributed by atoms with van der Waals surface area (Å²) in [7, 11) is 1.41. The summed E-state index contributed by atoms with van der Waals surface area (Å²) in [5.74, 6) is -8.55. The zero-order valence-electron chi connectivity index (χ0n) is 21.4. The maximum atomic E-state index is 14.7. The van der Waals surface area contributed by atoms with Gasteiger partial charge in [0.2, 0.25) is 23.3 Å². The molecule has 2 N–H and O–H groups in total. The van der Waals surface area contributed by atoms with E-state index < -0.39 is 40.6 Å². The number of nitrogens with zero attached hydrogens (tertiary/aromatic N) is 4. The Morgan fingerprint density at radius 1 is 1.13 bits per heavy atom. The molecule has 1 aliphatic rings. The number of nitrogen functional groups attached to an aromatic ring is 1. The average Bonchev–Trinajstić information content (AvgIpc) is 3.34. The number of hydrogen-bond donors (Lipinski definition) is 1. The van der Waals surface area contributed by atoms with Gasteiger partial charge in [0.05, 0.1) is 17.0 Å². The molecule has 206 valence electrons. The third-order valence-electron chi connectivity index (χ3n) is 5.92. The van der Waals surface area contributed by atoms with Crippen LogP contribution in [0.5, 0.6) is 11.5 Å². The number of carbonyl (C=O) groups excluding carboxylic acids is 1. The van der Waals surface area contributed by atoms with Crippen LogP contribution < -0.4 is 10.5 Å². The molecule has 2 aromatic carbocycles. The molecule has 0 spiro atoms. The van der Waals surface area contributed by atoms with Crippen molar-refractivity contribution in [1.29, 1.82) is 0 Å². The normalized spacial score (nSPS) is 15.0. The third-order valence-corrected chi connectivity index (χ3v) is 5.92. The summed E-state index contributed by atoms with van der Waals surface area (Å²) in [6.45, 7) is 9.06. The van der Waals surface area contributed by atoms with Crippen LogP contribution >= 0.6 is 0 Å². The number of hydrogen-bond acceptors (Lipinski definition) is 6. The van der Waals surface area contributed by atoms with Gasteiger partial charge >= 0.3 is 0 Å². The van der Waals surface area contributed by atoms with Crippen LogP contribution in [-0.4, -0.2) is 46.6 Å². The maximum absolute atomic E-state index is 14.7. The first-order chi connectivity index (χ1) is 18.5. The van der Waals surface area contributed by atoms with Gasteiger partial charge in [-0.1, -0.05) is 13.5 Å². The molecule has 12 heteroatoms. The molecule has 1 saturated heterocycles. The van der Waals surface area contributed by atoms with Crippen molar-refractivity contribution in [1.82, 2.24) is 14.9 Å². The number of aryl methyl sites for hydroxylation is 1. The lowest BCUT2D eigenvalue weighted by Gasteiger charge is -2.13. The predicted molar refractivity (Wildman–Crippen MR) is 136 cm³/mol. The first kappa shape index (κ1) is 29.2. The minimum atomic E-state index is -1.74. The van der Waals surface area contributed by atoms with Gasteiger partial charge in [-0.05, 0) is 37.5 Å². The van der Waals surface area contributed by atoms with Crippen molar-refractivity contribution in [2.24, 2.45) is 10.9 Å². The lowest BCUT2D eigenvalue weighted by molar-refractivity contribution is -0.125. The highest BCUT2D eigenvalue weighted by atomic mass is 19.2. The summed E-state index contributed by atoms with van der Waals surface area (Å²) in [6.07, 6.45) is 3.77. The molecule has 3 aromatic rings. The van der Waals surface area contributed by atoms with E-state index in [1.807, 2.05) is 4.90 Å². The second-order valence-corrected chi connectivity index (χ2v) is 8.71. The quantitative estimate of drug-likeness (QED) is 0.201. The Labute approximate surface area is 221 Å². The number of aromatic nitrogens is 2. The molecule has 1 aliphatic heterocycles. The zero-order chi connectivity index (χ0) is 28.9. The summed E-state index contributed by atoms with van der Waals surface area (Å²) in [4.78, 5) is 24.7. The summed E-state index contributed by atoms with van der Waals surface area (Å²) in [5, 5.41) is 0. The zero-order valence-corrected chi connectivity index (χ0v) is 21.4. The smallest absolute Gasteiger partial charge is 0.245 e. The van der Waals surface area contributed by atoms with E-state index in [4.69, 9.17) is 10.5 Å². The van der Waals surface area contributed by atoms with E-state index in [9.17, 15) is 26.7 Å². The average molecular weight is 548 g/mol. The lowest BCUT2D eigenvalue weighted by Crippen LogP contribution is -2.26. The molecule has 0 bridgehead atoms. The monoisotopic (exact) mass is 547 g/mol. The maximum Gasteiger partial charge on any atom is 0.245 e. The highest BCUT2D eigenvalue weighted by Gasteiger charge is 2.23. The van der Waals surface area contributed by atoms with Crippen molar-refractivity contribution in [3.63, 3.8) is 0 Å². The van der Waals surface area contributed by atoms with E-state index in [-0.39, 0.29) is 29.1 Å². The molecule has 39 heavy (non-hydrogen) atoms. The van der Waals surface area contributed by atoms with E-state index in [2.05, 4.69) is 28.5 Å². The molecule has 1 atom stereocenters. The Balaban J connectivity index is 0.000000353. The third kappa shape index (κ3) is 6.57. The molecule has 0 saturated carbocycles. The van der Waals surface area contributed by atoms with Gasteiger partial charge in [-0.25, -0.2) is 23.1 Å². The Hall–Kier alpha value is -4.35. The fourth-order valence-corrected chi connectivity index (χ4v) is 3.93. The van der Waals surface area contributed by atoms with Crippen LogP contribution in [-0.2, 0) is 4.79 Å². The van der Waals surface area contributed by atoms with Gasteiger partial charge in [0.15, 0.2) is 11.6 Å². The molecular formula is C27H26F5N5O2. The molecule has 0 aliphatic carbocycles. The van der Waals surface area contributed by atoms with Crippen molar-refractivity contribution in [2.45, 2.75) is 20.3 Å². The number of aliphatic imine (C=N–C) groups is 1. The number of rotatable bonds is 5. The van der Waals surface area contributed by atoms with Crippen LogP contribution in [0.1, 0.15) is 30.2 Å². The van der Waals surface area contributed by atoms with E-state index in [1.54, 1.807) is 6.92 Å². The molecular weight excluding hydrogens is 521 g/mol. The van der Waals surface area contributed by atoms with Gasteiger partial charge in [0.25, 0.3) is 0 Å². The van der Waals surface area contributed by atoms with E-state index in [0.29, 0.717) is 17.2 Å². The molecule has 1 unspecified atom stereocenters. The molecule has 1 aromatic heterocycles. The molecule has 7 nitrogen and oxygen atoms in total. The number of anilines is 1. The number of ether oxygens (including phenoxy) is 1. The van der Waals surface area contributed by atoms with E-state index in [1.165, 1.54) is 25.5 Å². The van der Waals surface area contributed by atoms with Gasteiger partial charge < -0.3 is 15.4 Å². The van der Waals surface area contributed by atoms with Gasteiger partial charge in [-0.3, -0.25) is 9.79 Å². The standard InChI is InChI=1S/C19H13F5N4O.C8H13NO/c1-8-14(19(25)28-7-27-8)17(26-2)10-4-3-9(5-11(10)20)29-18-15(23)12(21)6-13(22)16(18)24;1-3-8(10)9-5-4-7(2)6-9/h3-7H,1-2H3,(H2,25,27,28);3,7H,1,4-6H2,2H3.